The van der Waals surface area contributed by atoms with Crippen molar-refractivity contribution in [3.63, 3.8) is 0 Å². The molecule has 1 heterocycles. The van der Waals surface area contributed by atoms with Gasteiger partial charge in [-0.15, -0.1) is 10.2 Å². The van der Waals surface area contributed by atoms with Gasteiger partial charge in [0.25, 0.3) is 0 Å². The first-order chi connectivity index (χ1) is 7.76. The van der Waals surface area contributed by atoms with Crippen molar-refractivity contribution in [2.45, 2.75) is 39.5 Å². The molecule has 0 aromatic carbocycles. The molecule has 1 unspecified atom stereocenters. The summed E-state index contributed by atoms with van der Waals surface area (Å²) in [5, 5.41) is 7.99. The molecule has 1 aromatic heterocycles. The van der Waals surface area contributed by atoms with Crippen LogP contribution in [0.4, 0.5) is 0 Å². The summed E-state index contributed by atoms with van der Waals surface area (Å²) in [4.78, 5) is 0. The Labute approximate surface area is 102 Å². The predicted octanol–water partition coefficient (Wildman–Crippen LogP) is 3.73. The van der Waals surface area contributed by atoms with Crippen LogP contribution < -0.4 is 4.74 Å². The highest BCUT2D eigenvalue weighted by Gasteiger charge is 2.07. The molecule has 1 aromatic rings. The van der Waals surface area contributed by atoms with Gasteiger partial charge in [-0.05, 0) is 18.4 Å². The summed E-state index contributed by atoms with van der Waals surface area (Å²) in [5.74, 6) is 1.16. The Balaban J connectivity index is 2.34. The topological polar surface area (TPSA) is 35.0 Å². The lowest BCUT2D eigenvalue weighted by Crippen LogP contribution is -2.12. The molecule has 0 spiro atoms. The zero-order valence-electron chi connectivity index (χ0n) is 9.95. The molecule has 4 heteroatoms. The molecule has 0 aliphatic carbocycles. The van der Waals surface area contributed by atoms with Crippen LogP contribution in [0.3, 0.4) is 0 Å². The second kappa shape index (κ2) is 7.44. The molecular formula is C12H19ClN2O. The van der Waals surface area contributed by atoms with E-state index in [1.165, 1.54) is 19.3 Å². The van der Waals surface area contributed by atoms with Crippen molar-refractivity contribution < 1.29 is 4.74 Å². The van der Waals surface area contributed by atoms with Crippen LogP contribution in [0.1, 0.15) is 39.5 Å². The van der Waals surface area contributed by atoms with Gasteiger partial charge in [-0.25, -0.2) is 0 Å². The van der Waals surface area contributed by atoms with Crippen molar-refractivity contribution in [2.75, 3.05) is 6.61 Å². The molecule has 0 saturated carbocycles. The van der Waals surface area contributed by atoms with E-state index in [0.29, 0.717) is 23.6 Å². The van der Waals surface area contributed by atoms with E-state index in [1.54, 1.807) is 12.1 Å². The predicted molar refractivity (Wildman–Crippen MR) is 65.8 cm³/mol. The Morgan fingerprint density at radius 3 is 2.69 bits per heavy atom. The number of unbranched alkanes of at least 4 members (excludes halogenated alkanes) is 1. The van der Waals surface area contributed by atoms with Gasteiger partial charge in [-0.2, -0.15) is 0 Å². The van der Waals surface area contributed by atoms with E-state index in [2.05, 4.69) is 24.0 Å². The van der Waals surface area contributed by atoms with Crippen molar-refractivity contribution in [3.05, 3.63) is 17.3 Å². The molecule has 0 saturated heterocycles. The average Bonchev–Trinajstić information content (AvgIpc) is 2.32. The Hall–Kier alpha value is -0.830. The smallest absolute Gasteiger partial charge is 0.233 e. The molecule has 1 rings (SSSR count). The fourth-order valence-corrected chi connectivity index (χ4v) is 1.58. The summed E-state index contributed by atoms with van der Waals surface area (Å²) in [7, 11) is 0. The molecule has 0 radical (unpaired) electrons. The molecule has 3 nitrogen and oxygen atoms in total. The van der Waals surface area contributed by atoms with E-state index >= 15 is 0 Å². The van der Waals surface area contributed by atoms with Gasteiger partial charge in [-0.3, -0.25) is 0 Å². The SMILES string of the molecule is CCCCC(CC)COc1ccc(Cl)nn1. The number of ether oxygens (including phenoxy) is 1. The molecule has 1 atom stereocenters. The summed E-state index contributed by atoms with van der Waals surface area (Å²) in [6.45, 7) is 5.11. The van der Waals surface area contributed by atoms with E-state index in [9.17, 15) is 0 Å². The van der Waals surface area contributed by atoms with Crippen molar-refractivity contribution in [2.24, 2.45) is 5.92 Å². The van der Waals surface area contributed by atoms with Gasteiger partial charge in [-0.1, -0.05) is 44.7 Å². The quantitative estimate of drug-likeness (QED) is 0.731. The Morgan fingerprint density at radius 2 is 2.12 bits per heavy atom. The van der Waals surface area contributed by atoms with E-state index in [4.69, 9.17) is 16.3 Å². The average molecular weight is 243 g/mol. The van der Waals surface area contributed by atoms with Gasteiger partial charge >= 0.3 is 0 Å². The Bertz CT molecular complexity index is 290. The minimum absolute atomic E-state index is 0.394. The third-order valence-electron chi connectivity index (χ3n) is 2.62. The highest BCUT2D eigenvalue weighted by molar-refractivity contribution is 6.29. The molecule has 0 aliphatic heterocycles. The van der Waals surface area contributed by atoms with Crippen LogP contribution >= 0.6 is 11.6 Å². The standard InChI is InChI=1S/C12H19ClN2O/c1-3-5-6-10(4-2)9-16-12-8-7-11(13)14-15-12/h7-8,10H,3-6,9H2,1-2H3. The first-order valence-electron chi connectivity index (χ1n) is 5.88. The summed E-state index contributed by atoms with van der Waals surface area (Å²) in [5.41, 5.74) is 0. The zero-order chi connectivity index (χ0) is 11.8. The molecule has 0 bridgehead atoms. The molecule has 0 aliphatic rings. The van der Waals surface area contributed by atoms with E-state index in [0.717, 1.165) is 6.42 Å². The van der Waals surface area contributed by atoms with Gasteiger partial charge in [0.05, 0.1) is 6.61 Å². The van der Waals surface area contributed by atoms with Crippen molar-refractivity contribution in [1.82, 2.24) is 10.2 Å². The first kappa shape index (κ1) is 13.2. The molecule has 0 N–H and O–H groups in total. The monoisotopic (exact) mass is 242 g/mol. The van der Waals surface area contributed by atoms with Gasteiger partial charge in [0, 0.05) is 6.07 Å². The van der Waals surface area contributed by atoms with Crippen LogP contribution in [0.15, 0.2) is 12.1 Å². The molecular weight excluding hydrogens is 224 g/mol. The van der Waals surface area contributed by atoms with E-state index < -0.39 is 0 Å². The van der Waals surface area contributed by atoms with Crippen LogP contribution in [0.5, 0.6) is 5.88 Å². The normalized spacial score (nSPS) is 12.4. The summed E-state index contributed by atoms with van der Waals surface area (Å²) < 4.78 is 5.58. The largest absolute Gasteiger partial charge is 0.476 e. The highest BCUT2D eigenvalue weighted by atomic mass is 35.5. The summed E-state index contributed by atoms with van der Waals surface area (Å²) in [6, 6.07) is 3.44. The lowest BCUT2D eigenvalue weighted by molar-refractivity contribution is 0.224. The van der Waals surface area contributed by atoms with Gasteiger partial charge in [0.2, 0.25) is 5.88 Å². The minimum Gasteiger partial charge on any atom is -0.476 e. The zero-order valence-corrected chi connectivity index (χ0v) is 10.7. The number of hydrogen-bond acceptors (Lipinski definition) is 3. The maximum atomic E-state index is 5.64. The number of aromatic nitrogens is 2. The fraction of sp³-hybridized carbons (Fsp3) is 0.667. The highest BCUT2D eigenvalue weighted by Crippen LogP contribution is 2.15. The number of hydrogen-bond donors (Lipinski definition) is 0. The van der Waals surface area contributed by atoms with Crippen molar-refractivity contribution in [3.8, 4) is 5.88 Å². The van der Waals surface area contributed by atoms with E-state index in [-0.39, 0.29) is 0 Å². The Kier molecular flexibility index (Phi) is 6.16. The summed E-state index contributed by atoms with van der Waals surface area (Å²) in [6.07, 6.45) is 4.85. The summed E-state index contributed by atoms with van der Waals surface area (Å²) >= 11 is 5.64. The third-order valence-corrected chi connectivity index (χ3v) is 2.82. The van der Waals surface area contributed by atoms with Gasteiger partial charge < -0.3 is 4.74 Å². The van der Waals surface area contributed by atoms with E-state index in [1.807, 2.05) is 0 Å². The number of halogens is 1. The second-order valence-corrected chi connectivity index (χ2v) is 4.31. The van der Waals surface area contributed by atoms with Crippen LogP contribution in [-0.4, -0.2) is 16.8 Å². The second-order valence-electron chi connectivity index (χ2n) is 3.92. The van der Waals surface area contributed by atoms with Crippen LogP contribution in [-0.2, 0) is 0 Å². The third kappa shape index (κ3) is 4.79. The minimum atomic E-state index is 0.394. The van der Waals surface area contributed by atoms with Crippen LogP contribution in [0.2, 0.25) is 5.15 Å². The molecule has 16 heavy (non-hydrogen) atoms. The van der Waals surface area contributed by atoms with Gasteiger partial charge in [0.1, 0.15) is 0 Å². The van der Waals surface area contributed by atoms with Crippen molar-refractivity contribution >= 4 is 11.6 Å². The van der Waals surface area contributed by atoms with Crippen LogP contribution in [0.25, 0.3) is 0 Å². The van der Waals surface area contributed by atoms with Gasteiger partial charge in [0.15, 0.2) is 5.15 Å². The maximum absolute atomic E-state index is 5.64. The lowest BCUT2D eigenvalue weighted by Gasteiger charge is -2.14. The van der Waals surface area contributed by atoms with Crippen LogP contribution in [0, 0.1) is 5.92 Å². The fourth-order valence-electron chi connectivity index (χ4n) is 1.48. The molecule has 0 fully saturated rings. The maximum Gasteiger partial charge on any atom is 0.233 e. The molecule has 90 valence electrons. The number of rotatable bonds is 7. The molecule has 0 amide bonds. The number of nitrogens with zero attached hydrogens (tertiary/aromatic N) is 2. The van der Waals surface area contributed by atoms with Crippen molar-refractivity contribution in [1.29, 1.82) is 0 Å². The lowest BCUT2D eigenvalue weighted by atomic mass is 10.0. The first-order valence-corrected chi connectivity index (χ1v) is 6.26. The Morgan fingerprint density at radius 1 is 1.31 bits per heavy atom.